The third kappa shape index (κ3) is 7.80. The van der Waals surface area contributed by atoms with Crippen LogP contribution in [0.25, 0.3) is 0 Å². The summed E-state index contributed by atoms with van der Waals surface area (Å²) in [4.78, 5) is 34.2. The van der Waals surface area contributed by atoms with Gasteiger partial charge in [-0.25, -0.2) is 9.97 Å². The Balaban J connectivity index is 2.93. The zero-order valence-corrected chi connectivity index (χ0v) is 18.2. The normalized spacial score (nSPS) is 11.9. The molecule has 1 heterocycles. The number of aryl methyl sites for hydroxylation is 1. The quantitative estimate of drug-likeness (QED) is 0.335. The predicted molar refractivity (Wildman–Crippen MR) is 112 cm³/mol. The minimum absolute atomic E-state index is 0.160. The molecule has 0 aliphatic carbocycles. The van der Waals surface area contributed by atoms with E-state index in [1.165, 1.54) is 0 Å². The van der Waals surface area contributed by atoms with Gasteiger partial charge in [-0.05, 0) is 13.8 Å². The van der Waals surface area contributed by atoms with Gasteiger partial charge in [0.2, 0.25) is 6.41 Å². The average molecular weight is 413 g/mol. The van der Waals surface area contributed by atoms with Crippen molar-refractivity contribution < 1.29 is 14.3 Å². The molecule has 0 bridgehead atoms. The Morgan fingerprint density at radius 2 is 2.15 bits per heavy atom. The number of nitrogen functional groups attached to an aromatic ring is 1. The maximum Gasteiger partial charge on any atom is 0.308 e. The number of ether oxygens (including phenoxy) is 1. The molecule has 9 heteroatoms. The molecule has 0 atom stereocenters. The van der Waals surface area contributed by atoms with Gasteiger partial charge in [0.15, 0.2) is 0 Å². The fourth-order valence-corrected chi connectivity index (χ4v) is 4.09. The van der Waals surface area contributed by atoms with E-state index in [1.807, 2.05) is 6.92 Å². The first-order valence-electron chi connectivity index (χ1n) is 8.75. The number of nitrogens with zero attached hydrogens (tertiary/aromatic N) is 3. The molecular weight excluding hydrogens is 384 g/mol. The standard InChI is InChI=1S/C18H28N4O3S2/c1-6-26-27-16(7-8-25-18(24)12(2)3)13(4)22(11-23)10-15-9-20-14(5)21-17(15)19/h9,11-12H,6-8,10H2,1-5H3,(H2,19,20,21)/b16-13+. The van der Waals surface area contributed by atoms with Crippen molar-refractivity contribution in [3.63, 3.8) is 0 Å². The van der Waals surface area contributed by atoms with Crippen LogP contribution in [0.4, 0.5) is 5.82 Å². The monoisotopic (exact) mass is 412 g/mol. The lowest BCUT2D eigenvalue weighted by atomic mass is 10.2. The van der Waals surface area contributed by atoms with Crippen molar-refractivity contribution in [3.8, 4) is 0 Å². The van der Waals surface area contributed by atoms with Gasteiger partial charge in [0.1, 0.15) is 11.6 Å². The van der Waals surface area contributed by atoms with Crippen molar-refractivity contribution >= 4 is 39.8 Å². The predicted octanol–water partition coefficient (Wildman–Crippen LogP) is 3.55. The lowest BCUT2D eigenvalue weighted by molar-refractivity contribution is -0.147. The first kappa shape index (κ1) is 23.3. The first-order chi connectivity index (χ1) is 12.8. The zero-order valence-electron chi connectivity index (χ0n) is 16.5. The molecule has 0 aliphatic rings. The second kappa shape index (κ2) is 11.9. The van der Waals surface area contributed by atoms with E-state index in [0.717, 1.165) is 22.8 Å². The van der Waals surface area contributed by atoms with E-state index in [0.29, 0.717) is 23.6 Å². The van der Waals surface area contributed by atoms with Gasteiger partial charge in [-0.1, -0.05) is 42.4 Å². The van der Waals surface area contributed by atoms with Crippen LogP contribution in [0.5, 0.6) is 0 Å². The van der Waals surface area contributed by atoms with Crippen molar-refractivity contribution in [3.05, 3.63) is 28.2 Å². The zero-order chi connectivity index (χ0) is 20.4. The fourth-order valence-electron chi connectivity index (χ4n) is 2.04. The van der Waals surface area contributed by atoms with Crippen LogP contribution in [0, 0.1) is 12.8 Å². The molecule has 1 amide bonds. The number of nitrogens with two attached hydrogens (primary N) is 1. The number of anilines is 1. The summed E-state index contributed by atoms with van der Waals surface area (Å²) in [5, 5.41) is 0. The molecule has 0 saturated heterocycles. The Morgan fingerprint density at radius 1 is 1.44 bits per heavy atom. The first-order valence-corrected chi connectivity index (χ1v) is 11.1. The van der Waals surface area contributed by atoms with Gasteiger partial charge in [-0.3, -0.25) is 9.59 Å². The summed E-state index contributed by atoms with van der Waals surface area (Å²) in [6.45, 7) is 9.87. The van der Waals surface area contributed by atoms with Crippen molar-refractivity contribution in [2.75, 3.05) is 18.1 Å². The van der Waals surface area contributed by atoms with Gasteiger partial charge in [-0.2, -0.15) is 0 Å². The lowest BCUT2D eigenvalue weighted by Gasteiger charge is -2.22. The number of esters is 1. The fraction of sp³-hybridized carbons (Fsp3) is 0.556. The second-order valence-corrected chi connectivity index (χ2v) is 8.81. The van der Waals surface area contributed by atoms with Crippen LogP contribution >= 0.6 is 21.6 Å². The summed E-state index contributed by atoms with van der Waals surface area (Å²) < 4.78 is 5.29. The van der Waals surface area contributed by atoms with Gasteiger partial charge >= 0.3 is 5.97 Å². The Kier molecular flexibility index (Phi) is 10.2. The molecule has 27 heavy (non-hydrogen) atoms. The molecule has 1 aromatic heterocycles. The van der Waals surface area contributed by atoms with Crippen LogP contribution in [0.1, 0.15) is 45.5 Å². The van der Waals surface area contributed by atoms with Gasteiger partial charge in [0, 0.05) is 34.5 Å². The maximum absolute atomic E-state index is 11.7. The van der Waals surface area contributed by atoms with Crippen LogP contribution in [0.3, 0.4) is 0 Å². The highest BCUT2D eigenvalue weighted by atomic mass is 33.1. The topological polar surface area (TPSA) is 98.4 Å². The average Bonchev–Trinajstić information content (AvgIpc) is 2.63. The molecule has 0 fully saturated rings. The molecule has 0 aliphatic heterocycles. The molecule has 1 aromatic rings. The SMILES string of the molecule is CCSS/C(CCOC(=O)C(C)C)=C(\C)N(C=O)Cc1cnc(C)nc1N. The highest BCUT2D eigenvalue weighted by Crippen LogP contribution is 2.35. The van der Waals surface area contributed by atoms with Crippen LogP contribution in [-0.4, -0.2) is 39.6 Å². The third-order valence-electron chi connectivity index (χ3n) is 3.64. The van der Waals surface area contributed by atoms with E-state index in [4.69, 9.17) is 10.5 Å². The number of hydrogen-bond acceptors (Lipinski definition) is 8. The number of rotatable bonds is 11. The van der Waals surface area contributed by atoms with Gasteiger partial charge in [0.05, 0.1) is 19.1 Å². The van der Waals surface area contributed by atoms with Crippen molar-refractivity contribution in [1.82, 2.24) is 14.9 Å². The van der Waals surface area contributed by atoms with Gasteiger partial charge in [-0.15, -0.1) is 0 Å². The van der Waals surface area contributed by atoms with Gasteiger partial charge < -0.3 is 15.4 Å². The molecule has 0 unspecified atom stereocenters. The van der Waals surface area contributed by atoms with E-state index < -0.39 is 0 Å². The Morgan fingerprint density at radius 3 is 2.70 bits per heavy atom. The Bertz CT molecular complexity index is 681. The van der Waals surface area contributed by atoms with Gasteiger partial charge in [0.25, 0.3) is 0 Å². The highest BCUT2D eigenvalue weighted by molar-refractivity contribution is 8.78. The van der Waals surface area contributed by atoms with E-state index in [9.17, 15) is 9.59 Å². The molecular formula is C18H28N4O3S2. The molecule has 0 saturated carbocycles. The van der Waals surface area contributed by atoms with Crippen LogP contribution in [0.15, 0.2) is 16.8 Å². The Labute approximate surface area is 168 Å². The summed E-state index contributed by atoms with van der Waals surface area (Å²) in [6, 6.07) is 0. The summed E-state index contributed by atoms with van der Waals surface area (Å²) in [5.41, 5.74) is 7.43. The van der Waals surface area contributed by atoms with E-state index in [2.05, 4.69) is 16.9 Å². The number of allylic oxidation sites excluding steroid dienone is 1. The summed E-state index contributed by atoms with van der Waals surface area (Å²) in [7, 11) is 3.27. The van der Waals surface area contributed by atoms with Crippen LogP contribution in [-0.2, 0) is 20.9 Å². The highest BCUT2D eigenvalue weighted by Gasteiger charge is 2.15. The molecule has 0 spiro atoms. The van der Waals surface area contributed by atoms with Crippen molar-refractivity contribution in [1.29, 1.82) is 0 Å². The molecule has 150 valence electrons. The molecule has 1 rings (SSSR count). The van der Waals surface area contributed by atoms with E-state index in [-0.39, 0.29) is 25.0 Å². The van der Waals surface area contributed by atoms with E-state index in [1.54, 1.807) is 53.5 Å². The summed E-state index contributed by atoms with van der Waals surface area (Å²) in [6.07, 6.45) is 2.96. The van der Waals surface area contributed by atoms with Crippen LogP contribution in [0.2, 0.25) is 0 Å². The third-order valence-corrected chi connectivity index (χ3v) is 6.36. The molecule has 7 nitrogen and oxygen atoms in total. The number of carbonyl (C=O) groups excluding carboxylic acids is 2. The van der Waals surface area contributed by atoms with Crippen LogP contribution < -0.4 is 5.73 Å². The minimum atomic E-state index is -0.225. The van der Waals surface area contributed by atoms with Crippen molar-refractivity contribution in [2.45, 2.75) is 47.6 Å². The number of aromatic nitrogens is 2. The second-order valence-electron chi connectivity index (χ2n) is 6.13. The lowest BCUT2D eigenvalue weighted by Crippen LogP contribution is -2.22. The molecule has 2 N–H and O–H groups in total. The smallest absolute Gasteiger partial charge is 0.308 e. The number of carbonyl (C=O) groups is 2. The largest absolute Gasteiger partial charge is 0.465 e. The minimum Gasteiger partial charge on any atom is -0.465 e. The maximum atomic E-state index is 11.7. The number of hydrogen-bond donors (Lipinski definition) is 1. The number of amides is 1. The van der Waals surface area contributed by atoms with Crippen molar-refractivity contribution in [2.24, 2.45) is 5.92 Å². The Hall–Kier alpha value is -1.74. The molecule has 0 radical (unpaired) electrons. The summed E-state index contributed by atoms with van der Waals surface area (Å²) >= 11 is 0. The summed E-state index contributed by atoms with van der Waals surface area (Å²) in [5.74, 6) is 1.49. The van der Waals surface area contributed by atoms with E-state index >= 15 is 0 Å². The molecule has 0 aromatic carbocycles.